The first-order valence-electron chi connectivity index (χ1n) is 12.1. The quantitative estimate of drug-likeness (QED) is 0.380. The lowest BCUT2D eigenvalue weighted by atomic mass is 10.1. The average Bonchev–Trinajstić information content (AvgIpc) is 2.89. The summed E-state index contributed by atoms with van der Waals surface area (Å²) >= 11 is 0. The Morgan fingerprint density at radius 2 is 1.67 bits per heavy atom. The first-order chi connectivity index (χ1) is 17.4. The van der Waals surface area contributed by atoms with E-state index >= 15 is 0 Å². The minimum Gasteiger partial charge on any atom is -0.493 e. The molecule has 0 heterocycles. The van der Waals surface area contributed by atoms with Gasteiger partial charge in [0.05, 0.1) is 20.3 Å². The summed E-state index contributed by atoms with van der Waals surface area (Å²) in [5.74, 6) is 1.22. The third-order valence-electron chi connectivity index (χ3n) is 6.04. The topological polar surface area (TPSA) is 79.9 Å². The van der Waals surface area contributed by atoms with Gasteiger partial charge < -0.3 is 25.0 Å². The fourth-order valence-corrected chi connectivity index (χ4v) is 3.99. The molecule has 0 spiro atoms. The van der Waals surface area contributed by atoms with Crippen LogP contribution in [0.1, 0.15) is 36.1 Å². The Hall–Kier alpha value is -4.00. The molecule has 0 aliphatic carbocycles. The summed E-state index contributed by atoms with van der Waals surface area (Å²) in [5.41, 5.74) is 3.82. The molecular weight excluding hydrogens is 454 g/mol. The molecule has 1 atom stereocenters. The number of methoxy groups -OCH3 is 2. The van der Waals surface area contributed by atoms with Crippen LogP contribution in [0.5, 0.6) is 11.5 Å². The van der Waals surface area contributed by atoms with Crippen LogP contribution in [0.25, 0.3) is 0 Å². The van der Waals surface area contributed by atoms with E-state index < -0.39 is 0 Å². The second-order valence-electron chi connectivity index (χ2n) is 8.62. The molecule has 0 radical (unpaired) electrons. The zero-order chi connectivity index (χ0) is 25.9. The van der Waals surface area contributed by atoms with Gasteiger partial charge in [-0.3, -0.25) is 4.79 Å². The van der Waals surface area contributed by atoms with E-state index in [9.17, 15) is 9.59 Å². The monoisotopic (exact) mass is 489 g/mol. The van der Waals surface area contributed by atoms with Crippen molar-refractivity contribution in [3.63, 3.8) is 0 Å². The van der Waals surface area contributed by atoms with Gasteiger partial charge in [0.15, 0.2) is 11.5 Å². The largest absolute Gasteiger partial charge is 0.493 e. The second kappa shape index (κ2) is 13.2. The fourth-order valence-electron chi connectivity index (χ4n) is 3.99. The molecule has 0 aliphatic heterocycles. The Kier molecular flexibility index (Phi) is 9.74. The smallest absolute Gasteiger partial charge is 0.322 e. The predicted molar refractivity (Wildman–Crippen MR) is 143 cm³/mol. The number of aryl methyl sites for hydroxylation is 1. The molecule has 0 saturated carbocycles. The van der Waals surface area contributed by atoms with Crippen molar-refractivity contribution in [1.29, 1.82) is 0 Å². The molecule has 3 rings (SSSR count). The first-order valence-corrected chi connectivity index (χ1v) is 12.1. The molecule has 7 nitrogen and oxygen atoms in total. The molecule has 2 N–H and O–H groups in total. The summed E-state index contributed by atoms with van der Waals surface area (Å²) in [6, 6.07) is 22.7. The van der Waals surface area contributed by atoms with E-state index in [1.807, 2.05) is 86.6 Å². The molecule has 0 bridgehead atoms. The summed E-state index contributed by atoms with van der Waals surface area (Å²) in [7, 11) is 3.20. The highest BCUT2D eigenvalue weighted by molar-refractivity contribution is 5.90. The van der Waals surface area contributed by atoms with Gasteiger partial charge in [-0.1, -0.05) is 48.5 Å². The van der Waals surface area contributed by atoms with Crippen molar-refractivity contribution >= 4 is 17.6 Å². The minimum atomic E-state index is -0.241. The molecule has 7 heteroatoms. The van der Waals surface area contributed by atoms with Crippen LogP contribution in [0.15, 0.2) is 72.8 Å². The third-order valence-corrected chi connectivity index (χ3v) is 6.04. The summed E-state index contributed by atoms with van der Waals surface area (Å²) in [6.45, 7) is 4.72. The SMILES string of the molecule is COc1ccc(CCNC(=O)CCN(C(=O)Nc2cccc(C)c2)C(C)c2ccccc2)cc1OC. The van der Waals surface area contributed by atoms with Crippen LogP contribution in [0.2, 0.25) is 0 Å². The number of amides is 3. The van der Waals surface area contributed by atoms with E-state index in [0.717, 1.165) is 22.4 Å². The van der Waals surface area contributed by atoms with E-state index in [1.54, 1.807) is 19.1 Å². The van der Waals surface area contributed by atoms with Gasteiger partial charge in [0.1, 0.15) is 0 Å². The highest BCUT2D eigenvalue weighted by atomic mass is 16.5. The lowest BCUT2D eigenvalue weighted by Crippen LogP contribution is -2.40. The number of ether oxygens (including phenoxy) is 2. The van der Waals surface area contributed by atoms with Gasteiger partial charge in [0.2, 0.25) is 5.91 Å². The van der Waals surface area contributed by atoms with Crippen LogP contribution in [0.3, 0.4) is 0 Å². The minimum absolute atomic E-state index is 0.107. The lowest BCUT2D eigenvalue weighted by molar-refractivity contribution is -0.121. The maximum Gasteiger partial charge on any atom is 0.322 e. The molecule has 36 heavy (non-hydrogen) atoms. The van der Waals surface area contributed by atoms with E-state index in [-0.39, 0.29) is 30.9 Å². The van der Waals surface area contributed by atoms with Crippen LogP contribution < -0.4 is 20.1 Å². The summed E-state index contributed by atoms with van der Waals surface area (Å²) in [6.07, 6.45) is 0.856. The van der Waals surface area contributed by atoms with Crippen molar-refractivity contribution in [2.24, 2.45) is 0 Å². The Morgan fingerprint density at radius 3 is 2.36 bits per heavy atom. The van der Waals surface area contributed by atoms with Crippen LogP contribution in [0.4, 0.5) is 10.5 Å². The molecule has 0 fully saturated rings. The van der Waals surface area contributed by atoms with Gasteiger partial charge in [-0.05, 0) is 61.2 Å². The second-order valence-corrected chi connectivity index (χ2v) is 8.62. The standard InChI is InChI=1S/C29H35N3O4/c1-21-9-8-12-25(19-21)31-29(34)32(22(2)24-10-6-5-7-11-24)18-16-28(33)30-17-15-23-13-14-26(35-3)27(20-23)36-4/h5-14,19-20,22H,15-18H2,1-4H3,(H,30,33)(H,31,34). The van der Waals surface area contributed by atoms with Crippen molar-refractivity contribution in [3.05, 3.63) is 89.5 Å². The summed E-state index contributed by atoms with van der Waals surface area (Å²) in [5, 5.41) is 5.93. The summed E-state index contributed by atoms with van der Waals surface area (Å²) in [4.78, 5) is 27.6. The number of nitrogens with one attached hydrogen (secondary N) is 2. The molecule has 3 amide bonds. The van der Waals surface area contributed by atoms with E-state index in [2.05, 4.69) is 10.6 Å². The molecular formula is C29H35N3O4. The van der Waals surface area contributed by atoms with Crippen LogP contribution in [0, 0.1) is 6.92 Å². The Morgan fingerprint density at radius 1 is 0.917 bits per heavy atom. The normalized spacial score (nSPS) is 11.3. The molecule has 3 aromatic carbocycles. The number of anilines is 1. The molecule has 0 saturated heterocycles. The molecule has 0 aromatic heterocycles. The number of hydrogen-bond acceptors (Lipinski definition) is 4. The van der Waals surface area contributed by atoms with Crippen LogP contribution in [-0.4, -0.2) is 44.1 Å². The zero-order valence-electron chi connectivity index (χ0n) is 21.4. The van der Waals surface area contributed by atoms with E-state index in [4.69, 9.17) is 9.47 Å². The van der Waals surface area contributed by atoms with Crippen molar-refractivity contribution < 1.29 is 19.1 Å². The first kappa shape index (κ1) is 26.6. The summed E-state index contributed by atoms with van der Waals surface area (Å²) < 4.78 is 10.6. The Bertz CT molecular complexity index is 1150. The number of carbonyl (C=O) groups is 2. The molecule has 0 aliphatic rings. The van der Waals surface area contributed by atoms with Crippen molar-refractivity contribution in [3.8, 4) is 11.5 Å². The van der Waals surface area contributed by atoms with Gasteiger partial charge in [0, 0.05) is 25.2 Å². The Balaban J connectivity index is 1.59. The third kappa shape index (κ3) is 7.50. The van der Waals surface area contributed by atoms with Gasteiger partial charge in [0.25, 0.3) is 0 Å². The maximum atomic E-state index is 13.2. The van der Waals surface area contributed by atoms with Crippen molar-refractivity contribution in [2.75, 3.05) is 32.6 Å². The highest BCUT2D eigenvalue weighted by Crippen LogP contribution is 2.27. The fraction of sp³-hybridized carbons (Fsp3) is 0.310. The number of urea groups is 1. The molecule has 3 aromatic rings. The number of rotatable bonds is 11. The highest BCUT2D eigenvalue weighted by Gasteiger charge is 2.22. The van der Waals surface area contributed by atoms with Crippen LogP contribution >= 0.6 is 0 Å². The average molecular weight is 490 g/mol. The lowest BCUT2D eigenvalue weighted by Gasteiger charge is -2.30. The van der Waals surface area contributed by atoms with Gasteiger partial charge in [-0.25, -0.2) is 4.79 Å². The number of benzene rings is 3. The number of carbonyl (C=O) groups excluding carboxylic acids is 2. The number of nitrogens with zero attached hydrogens (tertiary/aromatic N) is 1. The van der Waals surface area contributed by atoms with Gasteiger partial charge >= 0.3 is 6.03 Å². The van der Waals surface area contributed by atoms with Gasteiger partial charge in [-0.2, -0.15) is 0 Å². The Labute approximate surface area is 213 Å². The van der Waals surface area contributed by atoms with Gasteiger partial charge in [-0.15, -0.1) is 0 Å². The number of hydrogen-bond donors (Lipinski definition) is 2. The zero-order valence-corrected chi connectivity index (χ0v) is 21.4. The maximum absolute atomic E-state index is 13.2. The van der Waals surface area contributed by atoms with Crippen molar-refractivity contribution in [2.45, 2.75) is 32.7 Å². The van der Waals surface area contributed by atoms with E-state index in [1.165, 1.54) is 0 Å². The van der Waals surface area contributed by atoms with Crippen LogP contribution in [-0.2, 0) is 11.2 Å². The van der Waals surface area contributed by atoms with E-state index in [0.29, 0.717) is 24.5 Å². The molecule has 190 valence electrons. The molecule has 1 unspecified atom stereocenters. The predicted octanol–water partition coefficient (Wildman–Crippen LogP) is 5.36. The van der Waals surface area contributed by atoms with Crippen molar-refractivity contribution in [1.82, 2.24) is 10.2 Å².